The number of amides is 2. The lowest BCUT2D eigenvalue weighted by Gasteiger charge is -2.41. The maximum atomic E-state index is 15.0. The van der Waals surface area contributed by atoms with Crippen LogP contribution in [-0.2, 0) is 16.8 Å². The van der Waals surface area contributed by atoms with Crippen molar-refractivity contribution in [1.29, 1.82) is 0 Å². The number of rotatable bonds is 6. The van der Waals surface area contributed by atoms with Gasteiger partial charge >= 0.3 is 0 Å². The molecule has 2 fully saturated rings. The molecule has 1 N–H and O–H groups in total. The molecule has 41 heavy (non-hydrogen) atoms. The number of halogens is 1. The van der Waals surface area contributed by atoms with E-state index < -0.39 is 17.8 Å². The van der Waals surface area contributed by atoms with Crippen molar-refractivity contribution in [2.75, 3.05) is 25.0 Å². The van der Waals surface area contributed by atoms with Crippen molar-refractivity contribution in [3.63, 3.8) is 0 Å². The van der Waals surface area contributed by atoms with Gasteiger partial charge in [0.25, 0.3) is 5.91 Å². The third-order valence-corrected chi connectivity index (χ3v) is 8.59. The number of carbonyl (C=O) groups is 2. The predicted molar refractivity (Wildman–Crippen MR) is 162 cm³/mol. The maximum Gasteiger partial charge on any atom is 0.257 e. The zero-order chi connectivity index (χ0) is 29.1. The Bertz CT molecular complexity index is 1370. The summed E-state index contributed by atoms with van der Waals surface area (Å²) in [5, 5.41) is 3.15. The number of anilines is 1. The second-order valence-corrected chi connectivity index (χ2v) is 12.7. The average Bonchev–Trinajstić information content (AvgIpc) is 3.46. The first-order valence-corrected chi connectivity index (χ1v) is 14.9. The zero-order valence-corrected chi connectivity index (χ0v) is 24.8. The van der Waals surface area contributed by atoms with Gasteiger partial charge in [0, 0.05) is 18.8 Å². The maximum absolute atomic E-state index is 15.0. The van der Waals surface area contributed by atoms with Gasteiger partial charge in [0.15, 0.2) is 0 Å². The van der Waals surface area contributed by atoms with E-state index in [1.54, 1.807) is 24.0 Å². The van der Waals surface area contributed by atoms with Gasteiger partial charge in [-0.2, -0.15) is 0 Å². The Kier molecular flexibility index (Phi) is 8.60. The van der Waals surface area contributed by atoms with Crippen molar-refractivity contribution in [3.05, 3.63) is 100 Å². The van der Waals surface area contributed by atoms with Crippen molar-refractivity contribution >= 4 is 17.5 Å². The van der Waals surface area contributed by atoms with Gasteiger partial charge in [-0.15, -0.1) is 0 Å². The highest BCUT2D eigenvalue weighted by atomic mass is 19.1. The van der Waals surface area contributed by atoms with E-state index in [4.69, 9.17) is 0 Å². The van der Waals surface area contributed by atoms with Crippen LogP contribution in [0.5, 0.6) is 0 Å². The lowest BCUT2D eigenvalue weighted by molar-refractivity contribution is -0.123. The highest BCUT2D eigenvalue weighted by Gasteiger charge is 2.40. The molecule has 6 heteroatoms. The first kappa shape index (κ1) is 29.0. The number of carbonyl (C=O) groups excluding carboxylic acids is 2. The van der Waals surface area contributed by atoms with Crippen molar-refractivity contribution < 1.29 is 14.0 Å². The topological polar surface area (TPSA) is 52.7 Å². The number of nitrogens with one attached hydrogen (secondary N) is 1. The van der Waals surface area contributed by atoms with E-state index in [0.717, 1.165) is 36.4 Å². The molecule has 3 aromatic carbocycles. The van der Waals surface area contributed by atoms with Crippen LogP contribution in [0.4, 0.5) is 10.1 Å². The molecule has 2 aliphatic rings. The summed E-state index contributed by atoms with van der Waals surface area (Å²) < 4.78 is 15.0. The number of benzene rings is 3. The lowest BCUT2D eigenvalue weighted by Crippen LogP contribution is -2.46. The Labute approximate surface area is 243 Å². The number of hydrogen-bond acceptors (Lipinski definition) is 3. The normalized spacial score (nSPS) is 19.8. The van der Waals surface area contributed by atoms with E-state index in [1.165, 1.54) is 24.5 Å². The van der Waals surface area contributed by atoms with E-state index in [-0.39, 0.29) is 22.8 Å². The molecule has 0 bridgehead atoms. The second kappa shape index (κ2) is 12.2. The molecular formula is C35H42FN3O2. The fourth-order valence-corrected chi connectivity index (χ4v) is 6.27. The van der Waals surface area contributed by atoms with Crippen molar-refractivity contribution in [2.45, 2.75) is 71.4 Å². The molecule has 3 aromatic rings. The summed E-state index contributed by atoms with van der Waals surface area (Å²) in [6.45, 7) is 11.8. The van der Waals surface area contributed by atoms with E-state index in [0.29, 0.717) is 24.9 Å². The Hall–Kier alpha value is -3.51. The summed E-state index contributed by atoms with van der Waals surface area (Å²) in [6, 6.07) is 20.5. The Morgan fingerprint density at radius 2 is 1.63 bits per heavy atom. The molecule has 2 saturated heterocycles. The molecule has 0 aliphatic carbocycles. The summed E-state index contributed by atoms with van der Waals surface area (Å²) in [5.41, 5.74) is 4.63. The first-order chi connectivity index (χ1) is 19.6. The molecule has 2 heterocycles. The Balaban J connectivity index is 1.47. The minimum absolute atomic E-state index is 0.0498. The SMILES string of the molecule is Cc1cccc(F)c1C(=O)N1CCCC(C(=O)Nc2cccc(C(C)(C)C)c2)C1c1ccc(CN2CCCC2)cc1. The van der Waals surface area contributed by atoms with Crippen LogP contribution in [0.1, 0.15) is 85.1 Å². The molecule has 216 valence electrons. The van der Waals surface area contributed by atoms with Crippen LogP contribution in [0, 0.1) is 18.7 Å². The van der Waals surface area contributed by atoms with Crippen LogP contribution in [0.3, 0.4) is 0 Å². The molecule has 5 rings (SSSR count). The number of hydrogen-bond donors (Lipinski definition) is 1. The molecule has 2 amide bonds. The molecule has 5 nitrogen and oxygen atoms in total. The summed E-state index contributed by atoms with van der Waals surface area (Å²) >= 11 is 0. The first-order valence-electron chi connectivity index (χ1n) is 14.9. The Morgan fingerprint density at radius 3 is 2.32 bits per heavy atom. The third kappa shape index (κ3) is 6.54. The highest BCUT2D eigenvalue weighted by Crippen LogP contribution is 2.39. The van der Waals surface area contributed by atoms with E-state index >= 15 is 0 Å². The highest BCUT2D eigenvalue weighted by molar-refractivity contribution is 5.98. The lowest BCUT2D eigenvalue weighted by atomic mass is 9.82. The van der Waals surface area contributed by atoms with Gasteiger partial charge in [0.2, 0.25) is 5.91 Å². The summed E-state index contributed by atoms with van der Waals surface area (Å²) in [4.78, 5) is 32.0. The molecule has 2 aliphatic heterocycles. The molecular weight excluding hydrogens is 513 g/mol. The largest absolute Gasteiger partial charge is 0.331 e. The van der Waals surface area contributed by atoms with E-state index in [9.17, 15) is 14.0 Å². The van der Waals surface area contributed by atoms with Crippen molar-refractivity contribution in [1.82, 2.24) is 9.80 Å². The quantitative estimate of drug-likeness (QED) is 0.348. The van der Waals surface area contributed by atoms with Crippen LogP contribution < -0.4 is 5.32 Å². The van der Waals surface area contributed by atoms with Crippen LogP contribution in [-0.4, -0.2) is 41.2 Å². The molecule has 2 unspecified atom stereocenters. The van der Waals surface area contributed by atoms with Gasteiger partial charge in [-0.25, -0.2) is 4.39 Å². The van der Waals surface area contributed by atoms with Crippen LogP contribution in [0.2, 0.25) is 0 Å². The second-order valence-electron chi connectivity index (χ2n) is 12.7. The van der Waals surface area contributed by atoms with Gasteiger partial charge in [-0.05, 0) is 91.6 Å². The van der Waals surface area contributed by atoms with Gasteiger partial charge in [0.05, 0.1) is 17.5 Å². The average molecular weight is 556 g/mol. The molecule has 0 spiro atoms. The Morgan fingerprint density at radius 1 is 0.927 bits per heavy atom. The fourth-order valence-electron chi connectivity index (χ4n) is 6.27. The van der Waals surface area contributed by atoms with Gasteiger partial charge in [-0.3, -0.25) is 14.5 Å². The van der Waals surface area contributed by atoms with E-state index in [2.05, 4.69) is 61.3 Å². The van der Waals surface area contributed by atoms with Gasteiger partial charge in [0.1, 0.15) is 5.82 Å². The zero-order valence-electron chi connectivity index (χ0n) is 24.8. The standard InChI is InChI=1S/C35H42FN3O2/c1-24-10-7-14-30(36)31(24)34(41)39-21-9-13-29(33(40)37-28-12-8-11-27(22-28)35(2,3)4)32(39)26-17-15-25(16-18-26)23-38-19-5-6-20-38/h7-8,10-12,14-18,22,29,32H,5-6,9,13,19-21,23H2,1-4H3,(H,37,40). The number of aryl methyl sites for hydroxylation is 1. The van der Waals surface area contributed by atoms with Gasteiger partial charge < -0.3 is 10.2 Å². The van der Waals surface area contributed by atoms with E-state index in [1.807, 2.05) is 18.2 Å². The smallest absolute Gasteiger partial charge is 0.257 e. The minimum Gasteiger partial charge on any atom is -0.331 e. The van der Waals surface area contributed by atoms with Crippen molar-refractivity contribution in [2.24, 2.45) is 5.92 Å². The predicted octanol–water partition coefficient (Wildman–Crippen LogP) is 7.26. The summed E-state index contributed by atoms with van der Waals surface area (Å²) in [6.07, 6.45) is 3.79. The number of likely N-dealkylation sites (tertiary alicyclic amines) is 2. The minimum atomic E-state index is -0.528. The number of piperidine rings is 1. The van der Waals surface area contributed by atoms with Crippen LogP contribution >= 0.6 is 0 Å². The molecule has 0 radical (unpaired) electrons. The van der Waals surface area contributed by atoms with Crippen LogP contribution in [0.15, 0.2) is 66.7 Å². The molecule has 0 saturated carbocycles. The third-order valence-electron chi connectivity index (χ3n) is 8.59. The van der Waals surface area contributed by atoms with Crippen molar-refractivity contribution in [3.8, 4) is 0 Å². The van der Waals surface area contributed by atoms with Crippen LogP contribution in [0.25, 0.3) is 0 Å². The van der Waals surface area contributed by atoms with Gasteiger partial charge in [-0.1, -0.05) is 69.3 Å². The number of nitrogens with zero attached hydrogens (tertiary/aromatic N) is 2. The summed E-state index contributed by atoms with van der Waals surface area (Å²) in [7, 11) is 0. The summed E-state index contributed by atoms with van der Waals surface area (Å²) in [5.74, 6) is -1.48. The molecule has 0 aromatic heterocycles. The molecule has 2 atom stereocenters. The fraction of sp³-hybridized carbons (Fsp3) is 0.429. The monoisotopic (exact) mass is 555 g/mol.